The van der Waals surface area contributed by atoms with E-state index >= 15 is 0 Å². The molecule has 0 aromatic heterocycles. The molecular formula is C14H20OS. The van der Waals surface area contributed by atoms with Crippen LogP contribution >= 0.6 is 11.8 Å². The highest BCUT2D eigenvalue weighted by molar-refractivity contribution is 7.98. The smallest absolute Gasteiger partial charge is 0.129 e. The van der Waals surface area contributed by atoms with Gasteiger partial charge in [-0.15, -0.1) is 0 Å². The molecule has 0 aliphatic heterocycles. The van der Waals surface area contributed by atoms with Gasteiger partial charge in [-0.2, -0.15) is 11.8 Å². The van der Waals surface area contributed by atoms with Crippen LogP contribution in [0.2, 0.25) is 0 Å². The van der Waals surface area contributed by atoms with Crippen molar-refractivity contribution < 1.29 is 4.79 Å². The van der Waals surface area contributed by atoms with Crippen LogP contribution in [0.25, 0.3) is 0 Å². The molecule has 88 valence electrons. The Hall–Kier alpha value is -0.760. The Morgan fingerprint density at radius 1 is 1.31 bits per heavy atom. The zero-order chi connectivity index (χ0) is 11.8. The van der Waals surface area contributed by atoms with Crippen LogP contribution in [0, 0.1) is 6.92 Å². The van der Waals surface area contributed by atoms with Gasteiger partial charge in [-0.25, -0.2) is 0 Å². The summed E-state index contributed by atoms with van der Waals surface area (Å²) in [5.41, 5.74) is 2.73. The Morgan fingerprint density at radius 2 is 2.12 bits per heavy atom. The van der Waals surface area contributed by atoms with Gasteiger partial charge in [0, 0.05) is 12.2 Å². The topological polar surface area (TPSA) is 17.1 Å². The number of benzene rings is 1. The summed E-state index contributed by atoms with van der Waals surface area (Å²) in [5, 5.41) is 0. The normalized spacial score (nSPS) is 10.4. The van der Waals surface area contributed by atoms with Crippen molar-refractivity contribution in [3.05, 3.63) is 35.4 Å². The third kappa shape index (κ3) is 5.96. The first-order chi connectivity index (χ1) is 7.68. The molecule has 0 unspecified atom stereocenters. The Labute approximate surface area is 103 Å². The van der Waals surface area contributed by atoms with Crippen LogP contribution in [0.1, 0.15) is 37.3 Å². The average Bonchev–Trinajstić information content (AvgIpc) is 2.23. The summed E-state index contributed by atoms with van der Waals surface area (Å²) < 4.78 is 0. The fourth-order valence-corrected chi connectivity index (χ4v) is 2.54. The molecule has 2 heteroatoms. The predicted octanol–water partition coefficient (Wildman–Crippen LogP) is 3.99. The third-order valence-electron chi connectivity index (χ3n) is 2.42. The van der Waals surface area contributed by atoms with Gasteiger partial charge in [0.25, 0.3) is 0 Å². The van der Waals surface area contributed by atoms with Crippen molar-refractivity contribution in [1.82, 2.24) is 0 Å². The molecule has 0 spiro atoms. The molecule has 0 saturated carbocycles. The van der Waals surface area contributed by atoms with E-state index in [2.05, 4.69) is 31.2 Å². The van der Waals surface area contributed by atoms with Gasteiger partial charge in [-0.1, -0.05) is 29.8 Å². The first-order valence-electron chi connectivity index (χ1n) is 5.81. The second kappa shape index (κ2) is 7.50. The Balaban J connectivity index is 2.09. The van der Waals surface area contributed by atoms with Gasteiger partial charge < -0.3 is 4.79 Å². The molecule has 0 bridgehead atoms. The summed E-state index contributed by atoms with van der Waals surface area (Å²) in [6.07, 6.45) is 2.93. The van der Waals surface area contributed by atoms with Gasteiger partial charge in [0.15, 0.2) is 0 Å². The second-order valence-corrected chi connectivity index (χ2v) is 5.31. The fraction of sp³-hybridized carbons (Fsp3) is 0.500. The molecule has 0 aliphatic carbocycles. The SMILES string of the molecule is CC(=O)CCCCSCc1cccc(C)c1. The number of hydrogen-bond donors (Lipinski definition) is 0. The largest absolute Gasteiger partial charge is 0.300 e. The highest BCUT2D eigenvalue weighted by Gasteiger charge is 1.96. The highest BCUT2D eigenvalue weighted by Crippen LogP contribution is 2.15. The number of aryl methyl sites for hydroxylation is 1. The quantitative estimate of drug-likeness (QED) is 0.666. The molecule has 0 radical (unpaired) electrons. The Kier molecular flexibility index (Phi) is 6.24. The minimum atomic E-state index is 0.309. The molecule has 0 saturated heterocycles. The maximum Gasteiger partial charge on any atom is 0.129 e. The number of carbonyl (C=O) groups is 1. The molecule has 0 aliphatic rings. The van der Waals surface area contributed by atoms with Crippen molar-refractivity contribution in [2.45, 2.75) is 38.9 Å². The minimum absolute atomic E-state index is 0.309. The summed E-state index contributed by atoms with van der Waals surface area (Å²) in [7, 11) is 0. The number of unbranched alkanes of at least 4 members (excludes halogenated alkanes) is 1. The molecule has 0 N–H and O–H groups in total. The van der Waals surface area contributed by atoms with Gasteiger partial charge in [-0.05, 0) is 38.0 Å². The van der Waals surface area contributed by atoms with E-state index in [0.717, 1.165) is 30.8 Å². The highest BCUT2D eigenvalue weighted by atomic mass is 32.2. The van der Waals surface area contributed by atoms with E-state index in [1.165, 1.54) is 11.1 Å². The summed E-state index contributed by atoms with van der Waals surface area (Å²) in [6, 6.07) is 8.65. The van der Waals surface area contributed by atoms with Crippen LogP contribution in [-0.4, -0.2) is 11.5 Å². The minimum Gasteiger partial charge on any atom is -0.300 e. The third-order valence-corrected chi connectivity index (χ3v) is 3.53. The molecule has 1 aromatic rings. The van der Waals surface area contributed by atoms with E-state index < -0.39 is 0 Å². The molecule has 1 rings (SSSR count). The molecule has 1 nitrogen and oxygen atoms in total. The van der Waals surface area contributed by atoms with E-state index in [9.17, 15) is 4.79 Å². The maximum absolute atomic E-state index is 10.7. The monoisotopic (exact) mass is 236 g/mol. The van der Waals surface area contributed by atoms with E-state index in [1.807, 2.05) is 11.8 Å². The van der Waals surface area contributed by atoms with Crippen LogP contribution < -0.4 is 0 Å². The molecule has 0 atom stereocenters. The predicted molar refractivity (Wildman–Crippen MR) is 71.9 cm³/mol. The van der Waals surface area contributed by atoms with Crippen molar-refractivity contribution in [2.24, 2.45) is 0 Å². The summed E-state index contributed by atoms with van der Waals surface area (Å²) in [4.78, 5) is 10.7. The molecule has 0 amide bonds. The van der Waals surface area contributed by atoms with Crippen LogP contribution in [0.15, 0.2) is 24.3 Å². The standard InChI is InChI=1S/C14H20OS/c1-12-6-5-8-14(10-12)11-16-9-4-3-7-13(2)15/h5-6,8,10H,3-4,7,9,11H2,1-2H3. The van der Waals surface area contributed by atoms with Crippen LogP contribution in [-0.2, 0) is 10.5 Å². The number of thioether (sulfide) groups is 1. The lowest BCUT2D eigenvalue weighted by Crippen LogP contribution is -1.91. The fourth-order valence-electron chi connectivity index (χ4n) is 1.57. The van der Waals surface area contributed by atoms with Crippen molar-refractivity contribution in [1.29, 1.82) is 0 Å². The lowest BCUT2D eigenvalue weighted by atomic mass is 10.2. The second-order valence-electron chi connectivity index (χ2n) is 4.20. The van der Waals surface area contributed by atoms with E-state index in [-0.39, 0.29) is 0 Å². The van der Waals surface area contributed by atoms with Crippen LogP contribution in [0.4, 0.5) is 0 Å². The first-order valence-corrected chi connectivity index (χ1v) is 6.96. The van der Waals surface area contributed by atoms with Crippen LogP contribution in [0.3, 0.4) is 0 Å². The number of rotatable bonds is 7. The van der Waals surface area contributed by atoms with E-state index in [1.54, 1.807) is 6.92 Å². The zero-order valence-electron chi connectivity index (χ0n) is 10.2. The molecule has 16 heavy (non-hydrogen) atoms. The molecule has 0 fully saturated rings. The van der Waals surface area contributed by atoms with E-state index in [4.69, 9.17) is 0 Å². The Morgan fingerprint density at radius 3 is 2.81 bits per heavy atom. The molecule has 0 heterocycles. The maximum atomic E-state index is 10.7. The van der Waals surface area contributed by atoms with Gasteiger partial charge in [-0.3, -0.25) is 0 Å². The Bertz CT molecular complexity index is 333. The summed E-state index contributed by atoms with van der Waals surface area (Å²) in [6.45, 7) is 3.79. The van der Waals surface area contributed by atoms with Gasteiger partial charge in [0.2, 0.25) is 0 Å². The lowest BCUT2D eigenvalue weighted by molar-refractivity contribution is -0.117. The van der Waals surface area contributed by atoms with Crippen molar-refractivity contribution in [3.63, 3.8) is 0 Å². The van der Waals surface area contributed by atoms with Gasteiger partial charge >= 0.3 is 0 Å². The van der Waals surface area contributed by atoms with Crippen molar-refractivity contribution in [3.8, 4) is 0 Å². The molecule has 1 aromatic carbocycles. The van der Waals surface area contributed by atoms with E-state index in [0.29, 0.717) is 5.78 Å². The number of ketones is 1. The average molecular weight is 236 g/mol. The number of hydrogen-bond acceptors (Lipinski definition) is 2. The van der Waals surface area contributed by atoms with Crippen molar-refractivity contribution in [2.75, 3.05) is 5.75 Å². The van der Waals surface area contributed by atoms with Crippen molar-refractivity contribution >= 4 is 17.5 Å². The summed E-state index contributed by atoms with van der Waals surface area (Å²) >= 11 is 1.96. The van der Waals surface area contributed by atoms with Gasteiger partial charge in [0.05, 0.1) is 0 Å². The summed E-state index contributed by atoms with van der Waals surface area (Å²) in [5.74, 6) is 2.55. The van der Waals surface area contributed by atoms with Gasteiger partial charge in [0.1, 0.15) is 5.78 Å². The van der Waals surface area contributed by atoms with Crippen LogP contribution in [0.5, 0.6) is 0 Å². The lowest BCUT2D eigenvalue weighted by Gasteiger charge is -2.02. The number of carbonyl (C=O) groups excluding carboxylic acids is 1. The zero-order valence-corrected chi connectivity index (χ0v) is 11.0. The number of Topliss-reactive ketones (excluding diaryl/α,β-unsaturated/α-hetero) is 1. The first kappa shape index (κ1) is 13.3. The molecular weight excluding hydrogens is 216 g/mol.